The molecule has 0 aromatic carbocycles. The van der Waals surface area contributed by atoms with Crippen LogP contribution in [0.2, 0.25) is 0 Å². The molecule has 3 fully saturated rings. The number of carbonyl (C=O) groups excluding carboxylic acids is 1. The van der Waals surface area contributed by atoms with E-state index in [2.05, 4.69) is 15.1 Å². The molecule has 0 spiro atoms. The molecule has 18 heavy (non-hydrogen) atoms. The number of amides is 1. The number of nitrogens with zero attached hydrogens (tertiary/aromatic N) is 2. The third-order valence-corrected chi connectivity index (χ3v) is 4.82. The summed E-state index contributed by atoms with van der Waals surface area (Å²) >= 11 is 0. The first kappa shape index (κ1) is 12.4. The summed E-state index contributed by atoms with van der Waals surface area (Å²) in [6, 6.07) is 0.653. The van der Waals surface area contributed by atoms with Gasteiger partial charge < -0.3 is 10.2 Å². The molecule has 0 bridgehead atoms. The van der Waals surface area contributed by atoms with Crippen LogP contribution in [0, 0.1) is 0 Å². The zero-order chi connectivity index (χ0) is 12.4. The van der Waals surface area contributed by atoms with Crippen LogP contribution in [0.1, 0.15) is 38.5 Å². The fraction of sp³-hybridized carbons (Fsp3) is 0.929. The highest BCUT2D eigenvalue weighted by Crippen LogP contribution is 2.25. The van der Waals surface area contributed by atoms with Gasteiger partial charge in [-0.15, -0.1) is 0 Å². The molecule has 0 aromatic heterocycles. The third kappa shape index (κ3) is 2.41. The van der Waals surface area contributed by atoms with Crippen molar-refractivity contribution in [1.29, 1.82) is 0 Å². The van der Waals surface area contributed by atoms with Crippen molar-refractivity contribution in [2.45, 2.75) is 50.6 Å². The van der Waals surface area contributed by atoms with Crippen LogP contribution in [0.25, 0.3) is 0 Å². The summed E-state index contributed by atoms with van der Waals surface area (Å²) in [5.74, 6) is 0.389. The van der Waals surface area contributed by atoms with Crippen LogP contribution >= 0.6 is 0 Å². The summed E-state index contributed by atoms with van der Waals surface area (Å²) in [6.07, 6.45) is 7.78. The van der Waals surface area contributed by atoms with E-state index in [0.717, 1.165) is 32.7 Å². The summed E-state index contributed by atoms with van der Waals surface area (Å²) in [5.41, 5.74) is 0. The number of fused-ring (bicyclic) bond motifs is 1. The topological polar surface area (TPSA) is 35.6 Å². The quantitative estimate of drug-likeness (QED) is 0.701. The molecule has 1 saturated carbocycles. The Kier molecular flexibility index (Phi) is 3.85. The lowest BCUT2D eigenvalue weighted by molar-refractivity contribution is -0.145. The molecule has 3 aliphatic rings. The minimum absolute atomic E-state index is 0.121. The average molecular weight is 251 g/mol. The summed E-state index contributed by atoms with van der Waals surface area (Å²) < 4.78 is 0. The van der Waals surface area contributed by atoms with E-state index in [9.17, 15) is 4.79 Å². The van der Waals surface area contributed by atoms with Gasteiger partial charge in [-0.1, -0.05) is 25.7 Å². The van der Waals surface area contributed by atoms with Gasteiger partial charge in [0.15, 0.2) is 0 Å². The first-order valence-electron chi connectivity index (χ1n) is 7.61. The van der Waals surface area contributed by atoms with Crippen molar-refractivity contribution in [3.63, 3.8) is 0 Å². The first-order valence-corrected chi connectivity index (χ1v) is 7.61. The van der Waals surface area contributed by atoms with Gasteiger partial charge in [-0.2, -0.15) is 0 Å². The van der Waals surface area contributed by atoms with Crippen LogP contribution in [0.5, 0.6) is 0 Å². The fourth-order valence-electron chi connectivity index (χ4n) is 3.73. The van der Waals surface area contributed by atoms with Crippen molar-refractivity contribution in [3.05, 3.63) is 0 Å². The van der Waals surface area contributed by atoms with Gasteiger partial charge in [0.05, 0.1) is 0 Å². The normalized spacial score (nSPS) is 32.1. The van der Waals surface area contributed by atoms with Crippen molar-refractivity contribution < 1.29 is 4.79 Å². The van der Waals surface area contributed by atoms with Crippen LogP contribution < -0.4 is 5.32 Å². The Hall–Kier alpha value is -0.610. The zero-order valence-electron chi connectivity index (χ0n) is 11.2. The number of nitrogens with one attached hydrogen (secondary N) is 1. The van der Waals surface area contributed by atoms with E-state index < -0.39 is 0 Å². The largest absolute Gasteiger partial charge is 0.337 e. The Morgan fingerprint density at radius 2 is 1.78 bits per heavy atom. The number of piperazine rings is 2. The van der Waals surface area contributed by atoms with Gasteiger partial charge in [0, 0.05) is 38.8 Å². The lowest BCUT2D eigenvalue weighted by atomic mass is 10.0. The van der Waals surface area contributed by atoms with E-state index in [1.807, 2.05) is 0 Å². The second-order valence-electron chi connectivity index (χ2n) is 5.93. The Morgan fingerprint density at radius 1 is 1.00 bits per heavy atom. The van der Waals surface area contributed by atoms with E-state index in [0.29, 0.717) is 11.9 Å². The van der Waals surface area contributed by atoms with Gasteiger partial charge in [-0.05, 0) is 12.8 Å². The molecule has 1 amide bonds. The molecular formula is C14H25N3O. The Balaban J connectivity index is 1.67. The van der Waals surface area contributed by atoms with Crippen molar-refractivity contribution in [2.75, 3.05) is 32.7 Å². The predicted molar refractivity (Wildman–Crippen MR) is 71.4 cm³/mol. The summed E-state index contributed by atoms with van der Waals surface area (Å²) in [7, 11) is 0. The highest BCUT2D eigenvalue weighted by atomic mass is 16.2. The number of hydrogen-bond donors (Lipinski definition) is 1. The van der Waals surface area contributed by atoms with Crippen LogP contribution in [0.4, 0.5) is 0 Å². The lowest BCUT2D eigenvalue weighted by Gasteiger charge is -2.45. The molecule has 0 radical (unpaired) electrons. The number of carbonyl (C=O) groups is 1. The van der Waals surface area contributed by atoms with Gasteiger partial charge >= 0.3 is 0 Å². The van der Waals surface area contributed by atoms with E-state index in [1.54, 1.807) is 0 Å². The SMILES string of the molecule is O=C1C2CNCCN2CCN1C1CCCCCC1. The van der Waals surface area contributed by atoms with Crippen molar-refractivity contribution >= 4 is 5.91 Å². The van der Waals surface area contributed by atoms with Gasteiger partial charge in [0.25, 0.3) is 0 Å². The van der Waals surface area contributed by atoms with E-state index in [1.165, 1.54) is 38.5 Å². The molecular weight excluding hydrogens is 226 g/mol. The molecule has 1 atom stereocenters. The molecule has 1 aliphatic carbocycles. The minimum Gasteiger partial charge on any atom is -0.337 e. The molecule has 1 unspecified atom stereocenters. The summed E-state index contributed by atoms with van der Waals surface area (Å²) in [6.45, 7) is 4.96. The molecule has 0 aromatic rings. The van der Waals surface area contributed by atoms with Crippen molar-refractivity contribution in [3.8, 4) is 0 Å². The second-order valence-corrected chi connectivity index (χ2v) is 5.93. The van der Waals surface area contributed by atoms with Gasteiger partial charge in [0.1, 0.15) is 6.04 Å². The molecule has 1 N–H and O–H groups in total. The second kappa shape index (κ2) is 5.57. The van der Waals surface area contributed by atoms with E-state index >= 15 is 0 Å². The maximum Gasteiger partial charge on any atom is 0.241 e. The van der Waals surface area contributed by atoms with Crippen molar-refractivity contribution in [1.82, 2.24) is 15.1 Å². The number of hydrogen-bond acceptors (Lipinski definition) is 3. The standard InChI is InChI=1S/C14H25N3O/c18-14-13-11-15-7-8-16(13)9-10-17(14)12-5-3-1-2-4-6-12/h12-13,15H,1-11H2. The Bertz CT molecular complexity index is 299. The molecule has 2 aliphatic heterocycles. The third-order valence-electron chi connectivity index (χ3n) is 4.82. The smallest absolute Gasteiger partial charge is 0.241 e. The molecule has 2 saturated heterocycles. The highest BCUT2D eigenvalue weighted by molar-refractivity contribution is 5.83. The van der Waals surface area contributed by atoms with Gasteiger partial charge in [0.2, 0.25) is 5.91 Å². The molecule has 4 heteroatoms. The fourth-order valence-corrected chi connectivity index (χ4v) is 3.73. The zero-order valence-corrected chi connectivity index (χ0v) is 11.2. The minimum atomic E-state index is 0.121. The van der Waals surface area contributed by atoms with E-state index in [4.69, 9.17) is 0 Å². The van der Waals surface area contributed by atoms with Gasteiger partial charge in [-0.25, -0.2) is 0 Å². The van der Waals surface area contributed by atoms with Crippen molar-refractivity contribution in [2.24, 2.45) is 0 Å². The Morgan fingerprint density at radius 3 is 2.56 bits per heavy atom. The Labute approximate surface area is 110 Å². The van der Waals surface area contributed by atoms with Crippen LogP contribution in [-0.2, 0) is 4.79 Å². The monoisotopic (exact) mass is 251 g/mol. The van der Waals surface area contributed by atoms with Crippen LogP contribution in [0.3, 0.4) is 0 Å². The van der Waals surface area contributed by atoms with E-state index in [-0.39, 0.29) is 6.04 Å². The molecule has 4 nitrogen and oxygen atoms in total. The maximum atomic E-state index is 12.6. The summed E-state index contributed by atoms with van der Waals surface area (Å²) in [5, 5.41) is 3.36. The van der Waals surface area contributed by atoms with Crippen LogP contribution in [-0.4, -0.2) is 60.5 Å². The molecule has 2 heterocycles. The molecule has 102 valence electrons. The summed E-state index contributed by atoms with van der Waals surface area (Å²) in [4.78, 5) is 17.2. The lowest BCUT2D eigenvalue weighted by Crippen LogP contribution is -2.65. The average Bonchev–Trinajstić information content (AvgIpc) is 2.68. The highest BCUT2D eigenvalue weighted by Gasteiger charge is 2.38. The maximum absolute atomic E-state index is 12.6. The first-order chi connectivity index (χ1) is 8.86. The van der Waals surface area contributed by atoms with Gasteiger partial charge in [-0.3, -0.25) is 9.69 Å². The predicted octanol–water partition coefficient (Wildman–Crippen LogP) is 0.825. The number of rotatable bonds is 1. The van der Waals surface area contributed by atoms with Crippen LogP contribution in [0.15, 0.2) is 0 Å². The molecule has 3 rings (SSSR count).